The molecule has 0 bridgehead atoms. The van der Waals surface area contributed by atoms with Crippen LogP contribution in [-0.2, 0) is 0 Å². The van der Waals surface area contributed by atoms with E-state index in [4.69, 9.17) is 0 Å². The summed E-state index contributed by atoms with van der Waals surface area (Å²) in [5, 5.41) is 12.9. The maximum absolute atomic E-state index is 12.0. The van der Waals surface area contributed by atoms with Crippen LogP contribution in [0.15, 0.2) is 0 Å². The highest BCUT2D eigenvalue weighted by atomic mass is 16.3. The second-order valence-electron chi connectivity index (χ2n) is 4.96. The van der Waals surface area contributed by atoms with Crippen LogP contribution in [-0.4, -0.2) is 40.8 Å². The smallest absolute Gasteiger partial charge is 0.317 e. The van der Waals surface area contributed by atoms with E-state index in [9.17, 15) is 9.90 Å². The fourth-order valence-electron chi connectivity index (χ4n) is 2.37. The van der Waals surface area contributed by atoms with E-state index in [0.29, 0.717) is 6.04 Å². The van der Waals surface area contributed by atoms with Crippen LogP contribution in [0.4, 0.5) is 4.79 Å². The average Bonchev–Trinajstić information content (AvgIpc) is 3.12. The zero-order valence-electron chi connectivity index (χ0n) is 9.98. The topological polar surface area (TPSA) is 52.6 Å². The van der Waals surface area contributed by atoms with Crippen LogP contribution in [0, 0.1) is 0 Å². The first-order valence-electron chi connectivity index (χ1n) is 6.47. The van der Waals surface area contributed by atoms with Crippen molar-refractivity contribution in [1.29, 1.82) is 0 Å². The van der Waals surface area contributed by atoms with E-state index >= 15 is 0 Å². The van der Waals surface area contributed by atoms with Gasteiger partial charge < -0.3 is 15.3 Å². The van der Waals surface area contributed by atoms with Gasteiger partial charge in [-0.25, -0.2) is 4.79 Å². The van der Waals surface area contributed by atoms with Gasteiger partial charge in [-0.2, -0.15) is 0 Å². The highest BCUT2D eigenvalue weighted by Crippen LogP contribution is 2.23. The number of carbonyl (C=O) groups is 1. The molecule has 1 saturated heterocycles. The van der Waals surface area contributed by atoms with E-state index < -0.39 is 0 Å². The molecule has 4 heteroatoms. The molecule has 2 N–H and O–H groups in total. The number of amides is 2. The van der Waals surface area contributed by atoms with Gasteiger partial charge in [0.1, 0.15) is 0 Å². The van der Waals surface area contributed by atoms with E-state index in [0.717, 1.165) is 45.1 Å². The molecule has 16 heavy (non-hydrogen) atoms. The Morgan fingerprint density at radius 2 is 2.19 bits per heavy atom. The minimum Gasteiger partial charge on any atom is -0.391 e. The normalized spacial score (nSPS) is 27.6. The number of piperidine rings is 1. The van der Waals surface area contributed by atoms with Gasteiger partial charge in [-0.05, 0) is 38.5 Å². The van der Waals surface area contributed by atoms with Crippen molar-refractivity contribution in [3.63, 3.8) is 0 Å². The molecule has 2 aliphatic rings. The molecule has 0 unspecified atom stereocenters. The number of nitrogens with zero attached hydrogens (tertiary/aromatic N) is 1. The number of carbonyl (C=O) groups excluding carboxylic acids is 1. The van der Waals surface area contributed by atoms with Crippen LogP contribution < -0.4 is 5.32 Å². The van der Waals surface area contributed by atoms with Crippen LogP contribution in [0.5, 0.6) is 0 Å². The van der Waals surface area contributed by atoms with Gasteiger partial charge in [-0.1, -0.05) is 6.92 Å². The van der Waals surface area contributed by atoms with Crippen molar-refractivity contribution in [1.82, 2.24) is 10.2 Å². The molecule has 92 valence electrons. The largest absolute Gasteiger partial charge is 0.391 e. The SMILES string of the molecule is CC[C@@H](O)[C@@H]1CCCCN1C(=O)NC1CC1. The molecule has 2 rings (SSSR count). The number of rotatable bonds is 3. The summed E-state index contributed by atoms with van der Waals surface area (Å²) in [6.45, 7) is 2.76. The number of urea groups is 1. The summed E-state index contributed by atoms with van der Waals surface area (Å²) in [5.74, 6) is 0. The van der Waals surface area contributed by atoms with Crippen molar-refractivity contribution < 1.29 is 9.90 Å². The van der Waals surface area contributed by atoms with Gasteiger partial charge >= 0.3 is 6.03 Å². The van der Waals surface area contributed by atoms with Crippen molar-refractivity contribution in [3.8, 4) is 0 Å². The Morgan fingerprint density at radius 1 is 1.44 bits per heavy atom. The van der Waals surface area contributed by atoms with Crippen molar-refractivity contribution >= 4 is 6.03 Å². The number of hydrogen-bond donors (Lipinski definition) is 2. The number of aliphatic hydroxyl groups excluding tert-OH is 1. The third kappa shape index (κ3) is 2.67. The molecule has 0 spiro atoms. The number of hydrogen-bond acceptors (Lipinski definition) is 2. The minimum absolute atomic E-state index is 0.0255. The van der Waals surface area contributed by atoms with Crippen LogP contribution in [0.25, 0.3) is 0 Å². The first-order valence-corrected chi connectivity index (χ1v) is 6.47. The molecule has 1 aliphatic carbocycles. The lowest BCUT2D eigenvalue weighted by molar-refractivity contribution is 0.0433. The van der Waals surface area contributed by atoms with E-state index in [1.54, 1.807) is 0 Å². The molecular weight excluding hydrogens is 204 g/mol. The Hall–Kier alpha value is -0.770. The van der Waals surface area contributed by atoms with Crippen molar-refractivity contribution in [2.45, 2.75) is 63.6 Å². The molecule has 0 aromatic rings. The molecule has 1 heterocycles. The Morgan fingerprint density at radius 3 is 2.81 bits per heavy atom. The number of likely N-dealkylation sites (tertiary alicyclic amines) is 1. The predicted octanol–water partition coefficient (Wildman–Crippen LogP) is 1.48. The maximum atomic E-state index is 12.0. The quantitative estimate of drug-likeness (QED) is 0.766. The van der Waals surface area contributed by atoms with E-state index in [2.05, 4.69) is 5.32 Å². The highest BCUT2D eigenvalue weighted by Gasteiger charge is 2.33. The summed E-state index contributed by atoms with van der Waals surface area (Å²) in [5.41, 5.74) is 0. The fourth-order valence-corrected chi connectivity index (χ4v) is 2.37. The third-order valence-corrected chi connectivity index (χ3v) is 3.58. The monoisotopic (exact) mass is 226 g/mol. The Bertz CT molecular complexity index is 253. The predicted molar refractivity (Wildman–Crippen MR) is 62.2 cm³/mol. The van der Waals surface area contributed by atoms with Crippen molar-refractivity contribution in [3.05, 3.63) is 0 Å². The van der Waals surface area contributed by atoms with Gasteiger partial charge in [0.15, 0.2) is 0 Å². The zero-order valence-corrected chi connectivity index (χ0v) is 9.98. The number of nitrogens with one attached hydrogen (secondary N) is 1. The molecule has 0 aromatic heterocycles. The van der Waals surface area contributed by atoms with Crippen LogP contribution in [0.3, 0.4) is 0 Å². The summed E-state index contributed by atoms with van der Waals surface area (Å²) < 4.78 is 0. The zero-order chi connectivity index (χ0) is 11.5. The summed E-state index contributed by atoms with van der Waals surface area (Å²) in [6.07, 6.45) is 5.69. The summed E-state index contributed by atoms with van der Waals surface area (Å²) in [4.78, 5) is 13.8. The van der Waals surface area contributed by atoms with Gasteiger partial charge in [0.05, 0.1) is 12.1 Å². The van der Waals surface area contributed by atoms with Gasteiger partial charge in [0.25, 0.3) is 0 Å². The molecule has 2 amide bonds. The Balaban J connectivity index is 1.94. The van der Waals surface area contributed by atoms with Crippen molar-refractivity contribution in [2.75, 3.05) is 6.54 Å². The fraction of sp³-hybridized carbons (Fsp3) is 0.917. The number of aliphatic hydroxyl groups is 1. The molecule has 0 aromatic carbocycles. The average molecular weight is 226 g/mol. The van der Waals surface area contributed by atoms with Crippen LogP contribution >= 0.6 is 0 Å². The second-order valence-corrected chi connectivity index (χ2v) is 4.96. The highest BCUT2D eigenvalue weighted by molar-refractivity contribution is 5.75. The van der Waals surface area contributed by atoms with Gasteiger partial charge in [0, 0.05) is 12.6 Å². The van der Waals surface area contributed by atoms with Gasteiger partial charge in [-0.3, -0.25) is 0 Å². The third-order valence-electron chi connectivity index (χ3n) is 3.58. The molecule has 0 radical (unpaired) electrons. The maximum Gasteiger partial charge on any atom is 0.317 e. The van der Waals surface area contributed by atoms with E-state index in [1.807, 2.05) is 11.8 Å². The molecule has 1 aliphatic heterocycles. The molecule has 4 nitrogen and oxygen atoms in total. The van der Waals surface area contributed by atoms with Crippen molar-refractivity contribution in [2.24, 2.45) is 0 Å². The lowest BCUT2D eigenvalue weighted by atomic mass is 9.96. The van der Waals surface area contributed by atoms with E-state index in [-0.39, 0.29) is 18.2 Å². The summed E-state index contributed by atoms with van der Waals surface area (Å²) >= 11 is 0. The van der Waals surface area contributed by atoms with Gasteiger partial charge in [0.2, 0.25) is 0 Å². The van der Waals surface area contributed by atoms with E-state index in [1.165, 1.54) is 0 Å². The van der Waals surface area contributed by atoms with Crippen LogP contribution in [0.1, 0.15) is 45.4 Å². The second kappa shape index (κ2) is 5.04. The van der Waals surface area contributed by atoms with Gasteiger partial charge in [-0.15, -0.1) is 0 Å². The first kappa shape index (κ1) is 11.7. The summed E-state index contributed by atoms with van der Waals surface area (Å²) in [7, 11) is 0. The lowest BCUT2D eigenvalue weighted by Crippen LogP contribution is -2.53. The standard InChI is InChI=1S/C12H22N2O2/c1-2-11(15)10-5-3-4-8-14(10)12(16)13-9-6-7-9/h9-11,15H,2-8H2,1H3,(H,13,16)/t10-,11+/m0/s1. The first-order chi connectivity index (χ1) is 7.72. The Labute approximate surface area is 97.0 Å². The molecule has 2 fully saturated rings. The minimum atomic E-state index is -0.370. The lowest BCUT2D eigenvalue weighted by Gasteiger charge is -2.38. The molecule has 1 saturated carbocycles. The van der Waals surface area contributed by atoms with Crippen LogP contribution in [0.2, 0.25) is 0 Å². The molecular formula is C12H22N2O2. The molecule has 2 atom stereocenters. The summed E-state index contributed by atoms with van der Waals surface area (Å²) in [6, 6.07) is 0.450. The Kier molecular flexibility index (Phi) is 3.69.